The van der Waals surface area contributed by atoms with Gasteiger partial charge in [0, 0.05) is 39.8 Å². The average Bonchev–Trinajstić information content (AvgIpc) is 2.58. The summed E-state index contributed by atoms with van der Waals surface area (Å²) < 4.78 is 0. The molecule has 1 unspecified atom stereocenters. The van der Waals surface area contributed by atoms with E-state index in [-0.39, 0.29) is 11.9 Å². The van der Waals surface area contributed by atoms with Gasteiger partial charge in [0.2, 0.25) is 5.91 Å². The maximum absolute atomic E-state index is 12.7. The van der Waals surface area contributed by atoms with Crippen molar-refractivity contribution in [2.24, 2.45) is 0 Å². The summed E-state index contributed by atoms with van der Waals surface area (Å²) in [6.45, 7) is 4.64. The maximum Gasteiger partial charge on any atom is 0.244 e. The Balaban J connectivity index is 1.99. The number of carbonyl (C=O) groups is 1. The van der Waals surface area contributed by atoms with E-state index >= 15 is 0 Å². The van der Waals surface area contributed by atoms with Crippen molar-refractivity contribution in [1.82, 2.24) is 15.1 Å². The van der Waals surface area contributed by atoms with Gasteiger partial charge in [0.25, 0.3) is 0 Å². The maximum atomic E-state index is 12.7. The van der Waals surface area contributed by atoms with E-state index in [2.05, 4.69) is 28.4 Å². The van der Waals surface area contributed by atoms with Crippen molar-refractivity contribution in [3.8, 4) is 0 Å². The van der Waals surface area contributed by atoms with Gasteiger partial charge in [-0.05, 0) is 17.5 Å². The number of amides is 1. The van der Waals surface area contributed by atoms with Crippen LogP contribution in [-0.2, 0) is 11.2 Å². The van der Waals surface area contributed by atoms with Crippen molar-refractivity contribution in [2.75, 3.05) is 39.8 Å². The van der Waals surface area contributed by atoms with E-state index in [9.17, 15) is 4.79 Å². The number of rotatable bonds is 1. The van der Waals surface area contributed by atoms with Gasteiger partial charge in [-0.1, -0.05) is 24.3 Å². The monoisotopic (exact) mass is 259 g/mol. The number of carbonyl (C=O) groups excluding carboxylic acids is 1. The molecule has 0 aliphatic carbocycles. The number of benzene rings is 1. The van der Waals surface area contributed by atoms with Crippen LogP contribution in [0.1, 0.15) is 17.2 Å². The van der Waals surface area contributed by atoms with E-state index in [1.54, 1.807) is 0 Å². The zero-order valence-corrected chi connectivity index (χ0v) is 11.4. The fourth-order valence-electron chi connectivity index (χ4n) is 3.06. The molecular formula is C15H21N3O. The Morgan fingerprint density at radius 2 is 1.89 bits per heavy atom. The smallest absolute Gasteiger partial charge is 0.244 e. The Morgan fingerprint density at radius 1 is 1.16 bits per heavy atom. The SMILES string of the molecule is CN1CCc2ccccc2C(N2CCNCC2)C1=O. The Labute approximate surface area is 114 Å². The van der Waals surface area contributed by atoms with Crippen molar-refractivity contribution in [3.63, 3.8) is 0 Å². The normalized spacial score (nSPS) is 25.0. The van der Waals surface area contributed by atoms with E-state index in [0.29, 0.717) is 0 Å². The molecular weight excluding hydrogens is 238 g/mol. The van der Waals surface area contributed by atoms with Crippen LogP contribution in [0.2, 0.25) is 0 Å². The lowest BCUT2D eigenvalue weighted by Gasteiger charge is -2.35. The average molecular weight is 259 g/mol. The zero-order chi connectivity index (χ0) is 13.2. The van der Waals surface area contributed by atoms with Crippen LogP contribution in [0.15, 0.2) is 24.3 Å². The highest BCUT2D eigenvalue weighted by molar-refractivity contribution is 5.84. The first-order valence-electron chi connectivity index (χ1n) is 7.05. The molecule has 1 saturated heterocycles. The minimum atomic E-state index is -0.0919. The summed E-state index contributed by atoms with van der Waals surface area (Å²) in [6.07, 6.45) is 0.959. The Hall–Kier alpha value is -1.39. The number of fused-ring (bicyclic) bond motifs is 1. The summed E-state index contributed by atoms with van der Waals surface area (Å²) >= 11 is 0. The highest BCUT2D eigenvalue weighted by Gasteiger charge is 2.34. The summed E-state index contributed by atoms with van der Waals surface area (Å²) in [5.41, 5.74) is 2.53. The molecule has 1 aromatic rings. The second-order valence-electron chi connectivity index (χ2n) is 5.40. The highest BCUT2D eigenvalue weighted by Crippen LogP contribution is 2.29. The van der Waals surface area contributed by atoms with Crippen LogP contribution in [0.4, 0.5) is 0 Å². The van der Waals surface area contributed by atoms with Gasteiger partial charge in [-0.25, -0.2) is 0 Å². The van der Waals surface area contributed by atoms with E-state index in [4.69, 9.17) is 0 Å². The predicted molar refractivity (Wildman–Crippen MR) is 75.0 cm³/mol. The Morgan fingerprint density at radius 3 is 2.68 bits per heavy atom. The van der Waals surface area contributed by atoms with Crippen LogP contribution in [0.5, 0.6) is 0 Å². The van der Waals surface area contributed by atoms with Gasteiger partial charge in [0.15, 0.2) is 0 Å². The largest absolute Gasteiger partial charge is 0.344 e. The number of likely N-dealkylation sites (N-methyl/N-ethyl adjacent to an activating group) is 1. The van der Waals surface area contributed by atoms with Crippen molar-refractivity contribution in [3.05, 3.63) is 35.4 Å². The topological polar surface area (TPSA) is 35.6 Å². The molecule has 4 nitrogen and oxygen atoms in total. The Kier molecular flexibility index (Phi) is 3.53. The molecule has 19 heavy (non-hydrogen) atoms. The van der Waals surface area contributed by atoms with E-state index in [0.717, 1.165) is 39.1 Å². The number of nitrogens with zero attached hydrogens (tertiary/aromatic N) is 2. The van der Waals surface area contributed by atoms with Gasteiger partial charge in [0.1, 0.15) is 6.04 Å². The van der Waals surface area contributed by atoms with Crippen LogP contribution in [0.3, 0.4) is 0 Å². The third kappa shape index (κ3) is 2.38. The predicted octanol–water partition coefficient (Wildman–Crippen LogP) is 0.647. The molecule has 4 heteroatoms. The molecule has 1 fully saturated rings. The van der Waals surface area contributed by atoms with E-state index < -0.39 is 0 Å². The third-order valence-electron chi connectivity index (χ3n) is 4.19. The first-order chi connectivity index (χ1) is 9.27. The quantitative estimate of drug-likeness (QED) is 0.804. The molecule has 0 spiro atoms. The van der Waals surface area contributed by atoms with Gasteiger partial charge < -0.3 is 10.2 Å². The molecule has 0 saturated carbocycles. The lowest BCUT2D eigenvalue weighted by molar-refractivity contribution is -0.135. The van der Waals surface area contributed by atoms with Gasteiger partial charge in [-0.3, -0.25) is 9.69 Å². The summed E-state index contributed by atoms with van der Waals surface area (Å²) in [5.74, 6) is 0.242. The Bertz CT molecular complexity index is 468. The lowest BCUT2D eigenvalue weighted by atomic mass is 9.97. The minimum Gasteiger partial charge on any atom is -0.344 e. The van der Waals surface area contributed by atoms with Gasteiger partial charge in [-0.15, -0.1) is 0 Å². The molecule has 2 aliphatic heterocycles. The summed E-state index contributed by atoms with van der Waals surface area (Å²) in [6, 6.07) is 8.32. The van der Waals surface area contributed by atoms with Gasteiger partial charge in [0.05, 0.1) is 0 Å². The minimum absolute atomic E-state index is 0.0919. The molecule has 3 rings (SSSR count). The molecule has 2 aliphatic rings. The number of piperazine rings is 1. The lowest BCUT2D eigenvalue weighted by Crippen LogP contribution is -2.49. The summed E-state index contributed by atoms with van der Waals surface area (Å²) in [7, 11) is 1.92. The van der Waals surface area contributed by atoms with Gasteiger partial charge >= 0.3 is 0 Å². The zero-order valence-electron chi connectivity index (χ0n) is 11.4. The first-order valence-corrected chi connectivity index (χ1v) is 7.05. The summed E-state index contributed by atoms with van der Waals surface area (Å²) in [4.78, 5) is 16.9. The number of hydrogen-bond acceptors (Lipinski definition) is 3. The molecule has 0 bridgehead atoms. The van der Waals surface area contributed by atoms with E-state index in [1.807, 2.05) is 18.0 Å². The second kappa shape index (κ2) is 5.31. The number of nitrogens with one attached hydrogen (secondary N) is 1. The fraction of sp³-hybridized carbons (Fsp3) is 0.533. The molecule has 102 valence electrons. The molecule has 0 radical (unpaired) electrons. The van der Waals surface area contributed by atoms with Crippen LogP contribution < -0.4 is 5.32 Å². The number of hydrogen-bond donors (Lipinski definition) is 1. The van der Waals surface area contributed by atoms with Crippen molar-refractivity contribution >= 4 is 5.91 Å². The van der Waals surface area contributed by atoms with Crippen LogP contribution in [-0.4, -0.2) is 55.5 Å². The van der Waals surface area contributed by atoms with Crippen LogP contribution >= 0.6 is 0 Å². The highest BCUT2D eigenvalue weighted by atomic mass is 16.2. The first kappa shape index (κ1) is 12.6. The van der Waals surface area contributed by atoms with Crippen molar-refractivity contribution in [1.29, 1.82) is 0 Å². The van der Waals surface area contributed by atoms with Crippen molar-refractivity contribution in [2.45, 2.75) is 12.5 Å². The van der Waals surface area contributed by atoms with Crippen LogP contribution in [0, 0.1) is 0 Å². The standard InChI is InChI=1S/C15H21N3O/c1-17-9-6-12-4-2-3-5-13(12)14(15(17)19)18-10-7-16-8-11-18/h2-5,14,16H,6-11H2,1H3. The summed E-state index contributed by atoms with van der Waals surface area (Å²) in [5, 5.41) is 3.35. The molecule has 1 amide bonds. The fourth-order valence-corrected chi connectivity index (χ4v) is 3.06. The van der Waals surface area contributed by atoms with Crippen molar-refractivity contribution < 1.29 is 4.79 Å². The molecule has 0 aromatic heterocycles. The molecule has 1 aromatic carbocycles. The van der Waals surface area contributed by atoms with Crippen LogP contribution in [0.25, 0.3) is 0 Å². The molecule has 2 heterocycles. The van der Waals surface area contributed by atoms with E-state index in [1.165, 1.54) is 11.1 Å². The molecule has 1 N–H and O–H groups in total. The van der Waals surface area contributed by atoms with Gasteiger partial charge in [-0.2, -0.15) is 0 Å². The third-order valence-corrected chi connectivity index (χ3v) is 4.19. The second-order valence-corrected chi connectivity index (χ2v) is 5.40. The molecule has 1 atom stereocenters.